The molecular formula is C15H22N4O. The van der Waals surface area contributed by atoms with Crippen LogP contribution >= 0.6 is 0 Å². The third kappa shape index (κ3) is 4.06. The van der Waals surface area contributed by atoms with E-state index < -0.39 is 0 Å². The van der Waals surface area contributed by atoms with E-state index in [4.69, 9.17) is 4.74 Å². The lowest BCUT2D eigenvalue weighted by Gasteiger charge is -2.14. The Morgan fingerprint density at radius 2 is 2.05 bits per heavy atom. The maximum absolute atomic E-state index is 5.16. The number of methoxy groups -OCH3 is 1. The molecule has 0 amide bonds. The van der Waals surface area contributed by atoms with Crippen LogP contribution in [0.2, 0.25) is 0 Å². The fourth-order valence-corrected chi connectivity index (χ4v) is 2.15. The van der Waals surface area contributed by atoms with Crippen LogP contribution in [0.15, 0.2) is 30.6 Å². The van der Waals surface area contributed by atoms with E-state index in [9.17, 15) is 0 Å². The zero-order valence-electron chi connectivity index (χ0n) is 12.3. The van der Waals surface area contributed by atoms with Crippen LogP contribution in [0.5, 0.6) is 5.75 Å². The number of aromatic nitrogens is 3. The number of nitrogens with zero attached hydrogens (tertiary/aromatic N) is 3. The Morgan fingerprint density at radius 1 is 1.30 bits per heavy atom. The summed E-state index contributed by atoms with van der Waals surface area (Å²) in [7, 11) is 3.65. The fraction of sp³-hybridized carbons (Fsp3) is 0.467. The minimum absolute atomic E-state index is 0.427. The van der Waals surface area contributed by atoms with E-state index >= 15 is 0 Å². The van der Waals surface area contributed by atoms with Crippen LogP contribution in [0, 0.1) is 0 Å². The number of nitrogens with one attached hydrogen (secondary N) is 1. The van der Waals surface area contributed by atoms with Gasteiger partial charge in [0.15, 0.2) is 0 Å². The van der Waals surface area contributed by atoms with Crippen molar-refractivity contribution in [2.45, 2.75) is 25.8 Å². The summed E-state index contributed by atoms with van der Waals surface area (Å²) in [5, 5.41) is 11.5. The highest BCUT2D eigenvalue weighted by Gasteiger charge is 2.05. The summed E-state index contributed by atoms with van der Waals surface area (Å²) < 4.78 is 7.11. The van der Waals surface area contributed by atoms with Gasteiger partial charge in [0.2, 0.25) is 0 Å². The molecule has 0 spiro atoms. The molecule has 108 valence electrons. The smallest absolute Gasteiger partial charge is 0.133 e. The first-order valence-electron chi connectivity index (χ1n) is 6.88. The molecule has 5 nitrogen and oxygen atoms in total. The summed E-state index contributed by atoms with van der Waals surface area (Å²) in [6, 6.07) is 8.65. The van der Waals surface area contributed by atoms with Crippen molar-refractivity contribution in [1.29, 1.82) is 0 Å². The molecule has 0 aliphatic rings. The Hall–Kier alpha value is -1.88. The van der Waals surface area contributed by atoms with Gasteiger partial charge in [0.25, 0.3) is 0 Å². The summed E-state index contributed by atoms with van der Waals surface area (Å²) in [5.41, 5.74) is 1.31. The highest BCUT2D eigenvalue weighted by Crippen LogP contribution is 2.12. The molecule has 0 aliphatic heterocycles. The first kappa shape index (κ1) is 14.5. The van der Waals surface area contributed by atoms with Gasteiger partial charge in [-0.25, -0.2) is 0 Å². The SMILES string of the molecule is COc1ccc(CC(C)NCCc2nncn2C)cc1. The van der Waals surface area contributed by atoms with Crippen molar-refractivity contribution in [2.24, 2.45) is 7.05 Å². The number of benzene rings is 1. The van der Waals surface area contributed by atoms with Crippen molar-refractivity contribution in [1.82, 2.24) is 20.1 Å². The Labute approximate surface area is 120 Å². The van der Waals surface area contributed by atoms with E-state index in [-0.39, 0.29) is 0 Å². The van der Waals surface area contributed by atoms with Crippen LogP contribution in [0.3, 0.4) is 0 Å². The Bertz CT molecular complexity index is 521. The van der Waals surface area contributed by atoms with Crippen LogP contribution in [0.4, 0.5) is 0 Å². The van der Waals surface area contributed by atoms with Crippen LogP contribution < -0.4 is 10.1 Å². The molecule has 1 aromatic heterocycles. The summed E-state index contributed by atoms with van der Waals surface area (Å²) in [5.74, 6) is 1.91. The van der Waals surface area contributed by atoms with Gasteiger partial charge < -0.3 is 14.6 Å². The lowest BCUT2D eigenvalue weighted by atomic mass is 10.1. The van der Waals surface area contributed by atoms with Crippen molar-refractivity contribution >= 4 is 0 Å². The van der Waals surface area contributed by atoms with Gasteiger partial charge >= 0.3 is 0 Å². The quantitative estimate of drug-likeness (QED) is 0.833. The highest BCUT2D eigenvalue weighted by atomic mass is 16.5. The molecule has 0 saturated heterocycles. The van der Waals surface area contributed by atoms with Crippen LogP contribution in [0.1, 0.15) is 18.3 Å². The van der Waals surface area contributed by atoms with Gasteiger partial charge in [-0.05, 0) is 31.0 Å². The van der Waals surface area contributed by atoms with Crippen molar-refractivity contribution in [2.75, 3.05) is 13.7 Å². The van der Waals surface area contributed by atoms with E-state index in [1.54, 1.807) is 13.4 Å². The second-order valence-corrected chi connectivity index (χ2v) is 5.02. The van der Waals surface area contributed by atoms with E-state index in [1.165, 1.54) is 5.56 Å². The predicted molar refractivity (Wildman–Crippen MR) is 78.9 cm³/mol. The third-order valence-corrected chi connectivity index (χ3v) is 3.35. The minimum Gasteiger partial charge on any atom is -0.497 e. The highest BCUT2D eigenvalue weighted by molar-refractivity contribution is 5.27. The molecule has 1 aromatic carbocycles. The van der Waals surface area contributed by atoms with E-state index in [2.05, 4.69) is 34.6 Å². The normalized spacial score (nSPS) is 12.3. The van der Waals surface area contributed by atoms with Crippen molar-refractivity contribution in [3.63, 3.8) is 0 Å². The molecule has 1 heterocycles. The molecule has 1 atom stereocenters. The molecule has 1 unspecified atom stereocenters. The maximum Gasteiger partial charge on any atom is 0.133 e. The zero-order valence-corrected chi connectivity index (χ0v) is 12.3. The molecule has 2 rings (SSSR count). The number of ether oxygens (including phenoxy) is 1. The van der Waals surface area contributed by atoms with Crippen molar-refractivity contribution in [3.8, 4) is 5.75 Å². The molecular weight excluding hydrogens is 252 g/mol. The second kappa shape index (κ2) is 7.05. The van der Waals surface area contributed by atoms with Crippen molar-refractivity contribution in [3.05, 3.63) is 42.0 Å². The lowest BCUT2D eigenvalue weighted by molar-refractivity contribution is 0.414. The van der Waals surface area contributed by atoms with Crippen LogP contribution in [-0.4, -0.2) is 34.5 Å². The van der Waals surface area contributed by atoms with Gasteiger partial charge in [0.1, 0.15) is 17.9 Å². The van der Waals surface area contributed by atoms with Gasteiger partial charge in [-0.3, -0.25) is 0 Å². The number of rotatable bonds is 7. The van der Waals surface area contributed by atoms with Gasteiger partial charge in [0.05, 0.1) is 7.11 Å². The number of hydrogen-bond acceptors (Lipinski definition) is 4. The monoisotopic (exact) mass is 274 g/mol. The first-order valence-corrected chi connectivity index (χ1v) is 6.88. The summed E-state index contributed by atoms with van der Waals surface area (Å²) >= 11 is 0. The fourth-order valence-electron chi connectivity index (χ4n) is 2.15. The van der Waals surface area contributed by atoms with Gasteiger partial charge in [-0.1, -0.05) is 12.1 Å². The Morgan fingerprint density at radius 3 is 2.65 bits per heavy atom. The standard InChI is InChI=1S/C15H22N4O/c1-12(10-13-4-6-14(20-3)7-5-13)16-9-8-15-18-17-11-19(15)2/h4-7,11-12,16H,8-10H2,1-3H3. The average molecular weight is 274 g/mol. The van der Waals surface area contributed by atoms with E-state index in [1.807, 2.05) is 23.7 Å². The first-order chi connectivity index (χ1) is 9.69. The zero-order chi connectivity index (χ0) is 14.4. The van der Waals surface area contributed by atoms with E-state index in [0.717, 1.165) is 31.0 Å². The lowest BCUT2D eigenvalue weighted by Crippen LogP contribution is -2.30. The molecule has 0 saturated carbocycles. The number of hydrogen-bond donors (Lipinski definition) is 1. The molecule has 0 radical (unpaired) electrons. The molecule has 0 fully saturated rings. The predicted octanol–water partition coefficient (Wildman–Crippen LogP) is 1.59. The Kier molecular flexibility index (Phi) is 5.12. The minimum atomic E-state index is 0.427. The average Bonchev–Trinajstić information content (AvgIpc) is 2.85. The number of aryl methyl sites for hydroxylation is 1. The summed E-state index contributed by atoms with van der Waals surface area (Å²) in [6.45, 7) is 3.10. The van der Waals surface area contributed by atoms with Gasteiger partial charge in [-0.2, -0.15) is 0 Å². The van der Waals surface area contributed by atoms with E-state index in [0.29, 0.717) is 6.04 Å². The molecule has 1 N–H and O–H groups in total. The maximum atomic E-state index is 5.16. The topological polar surface area (TPSA) is 52.0 Å². The second-order valence-electron chi connectivity index (χ2n) is 5.02. The molecule has 0 bridgehead atoms. The van der Waals surface area contributed by atoms with Crippen LogP contribution in [-0.2, 0) is 19.9 Å². The Balaban J connectivity index is 1.74. The molecule has 2 aromatic rings. The van der Waals surface area contributed by atoms with Gasteiger partial charge in [0, 0.05) is 26.1 Å². The molecule has 0 aliphatic carbocycles. The molecule has 20 heavy (non-hydrogen) atoms. The van der Waals surface area contributed by atoms with Gasteiger partial charge in [-0.15, -0.1) is 10.2 Å². The largest absolute Gasteiger partial charge is 0.497 e. The summed E-state index contributed by atoms with van der Waals surface area (Å²) in [4.78, 5) is 0. The summed E-state index contributed by atoms with van der Waals surface area (Å²) in [6.07, 6.45) is 3.63. The van der Waals surface area contributed by atoms with Crippen LogP contribution in [0.25, 0.3) is 0 Å². The molecule has 5 heteroatoms. The third-order valence-electron chi connectivity index (χ3n) is 3.35. The van der Waals surface area contributed by atoms with Crippen molar-refractivity contribution < 1.29 is 4.74 Å².